The predicted molar refractivity (Wildman–Crippen MR) is 70.8 cm³/mol. The van der Waals surface area contributed by atoms with Crippen LogP contribution in [0.3, 0.4) is 0 Å². The van der Waals surface area contributed by atoms with Crippen molar-refractivity contribution < 1.29 is 18.7 Å². The van der Waals surface area contributed by atoms with E-state index in [2.05, 4.69) is 0 Å². The Morgan fingerprint density at radius 3 is 2.45 bits per heavy atom. The number of Topliss-reactive ketones (excluding diaryl/α,β-unsaturated/α-hetero) is 1. The van der Waals surface area contributed by atoms with Crippen molar-refractivity contribution in [3.63, 3.8) is 0 Å². The molecule has 0 saturated carbocycles. The van der Waals surface area contributed by atoms with Gasteiger partial charge in [-0.2, -0.15) is 0 Å². The number of halogens is 1. The predicted octanol–water partition coefficient (Wildman–Crippen LogP) is 3.01. The van der Waals surface area contributed by atoms with Gasteiger partial charge in [-0.05, 0) is 24.3 Å². The zero-order valence-corrected chi connectivity index (χ0v) is 10.3. The lowest BCUT2D eigenvalue weighted by molar-refractivity contribution is -0.130. The summed E-state index contributed by atoms with van der Waals surface area (Å²) in [5.74, 6) is -1.50. The molecule has 1 heterocycles. The SMILES string of the molecule is O=C1Oc2ccccc2C(=O)C1=Cc1ccccc1F. The maximum absolute atomic E-state index is 13.6. The summed E-state index contributed by atoms with van der Waals surface area (Å²) in [4.78, 5) is 24.1. The highest BCUT2D eigenvalue weighted by Gasteiger charge is 2.30. The average molecular weight is 268 g/mol. The maximum Gasteiger partial charge on any atom is 0.347 e. The molecule has 0 aliphatic carbocycles. The van der Waals surface area contributed by atoms with E-state index >= 15 is 0 Å². The standard InChI is InChI=1S/C16H9FO3/c17-13-7-3-1-5-10(13)9-12-15(18)11-6-2-4-8-14(11)20-16(12)19/h1-9H. The molecule has 4 heteroatoms. The Morgan fingerprint density at radius 2 is 1.65 bits per heavy atom. The zero-order valence-electron chi connectivity index (χ0n) is 10.3. The molecule has 0 bridgehead atoms. The van der Waals surface area contributed by atoms with E-state index in [0.29, 0.717) is 5.56 Å². The molecule has 1 aliphatic rings. The number of esters is 1. The summed E-state index contributed by atoms with van der Waals surface area (Å²) in [6, 6.07) is 12.4. The lowest BCUT2D eigenvalue weighted by atomic mass is 9.98. The zero-order chi connectivity index (χ0) is 14.1. The first kappa shape index (κ1) is 12.3. The van der Waals surface area contributed by atoms with Crippen molar-refractivity contribution in [2.75, 3.05) is 0 Å². The minimum atomic E-state index is -0.767. The van der Waals surface area contributed by atoms with Gasteiger partial charge in [-0.15, -0.1) is 0 Å². The van der Waals surface area contributed by atoms with Gasteiger partial charge in [0.25, 0.3) is 0 Å². The Balaban J connectivity index is 2.10. The summed E-state index contributed by atoms with van der Waals surface area (Å²) in [5, 5.41) is 0. The second-order valence-corrected chi connectivity index (χ2v) is 4.29. The smallest absolute Gasteiger partial charge is 0.347 e. The molecule has 2 aromatic rings. The lowest BCUT2D eigenvalue weighted by Gasteiger charge is -2.16. The monoisotopic (exact) mass is 268 g/mol. The van der Waals surface area contributed by atoms with Crippen LogP contribution in [0.15, 0.2) is 54.1 Å². The largest absolute Gasteiger partial charge is 0.422 e. The van der Waals surface area contributed by atoms with Crippen molar-refractivity contribution >= 4 is 17.8 Å². The number of carbonyl (C=O) groups is 2. The van der Waals surface area contributed by atoms with Crippen LogP contribution in [0.5, 0.6) is 5.75 Å². The van der Waals surface area contributed by atoms with Crippen LogP contribution in [0, 0.1) is 5.82 Å². The van der Waals surface area contributed by atoms with Gasteiger partial charge in [0.2, 0.25) is 5.78 Å². The summed E-state index contributed by atoms with van der Waals surface area (Å²) < 4.78 is 18.7. The molecule has 0 aromatic heterocycles. The van der Waals surface area contributed by atoms with E-state index in [9.17, 15) is 14.0 Å². The summed E-state index contributed by atoms with van der Waals surface area (Å²) in [6.45, 7) is 0. The quantitative estimate of drug-likeness (QED) is 0.345. The molecule has 0 fully saturated rings. The number of ketones is 1. The highest BCUT2D eigenvalue weighted by molar-refractivity contribution is 6.30. The van der Waals surface area contributed by atoms with Crippen LogP contribution >= 0.6 is 0 Å². The van der Waals surface area contributed by atoms with Crippen LogP contribution in [-0.2, 0) is 4.79 Å². The molecule has 98 valence electrons. The number of para-hydroxylation sites is 1. The number of fused-ring (bicyclic) bond motifs is 1. The molecule has 0 saturated heterocycles. The number of benzene rings is 2. The van der Waals surface area contributed by atoms with Crippen LogP contribution in [0.4, 0.5) is 4.39 Å². The Hall–Kier alpha value is -2.75. The first-order chi connectivity index (χ1) is 9.66. The molecular formula is C16H9FO3. The van der Waals surface area contributed by atoms with Crippen molar-refractivity contribution in [2.24, 2.45) is 0 Å². The van der Waals surface area contributed by atoms with Crippen molar-refractivity contribution in [1.29, 1.82) is 0 Å². The molecule has 0 atom stereocenters. The fourth-order valence-corrected chi connectivity index (χ4v) is 2.01. The van der Waals surface area contributed by atoms with E-state index in [0.717, 1.165) is 0 Å². The second-order valence-electron chi connectivity index (χ2n) is 4.29. The van der Waals surface area contributed by atoms with Gasteiger partial charge >= 0.3 is 5.97 Å². The summed E-state index contributed by atoms with van der Waals surface area (Å²) >= 11 is 0. The molecule has 0 spiro atoms. The van der Waals surface area contributed by atoms with E-state index in [4.69, 9.17) is 4.74 Å². The van der Waals surface area contributed by atoms with E-state index in [1.165, 1.54) is 24.3 Å². The summed E-state index contributed by atoms with van der Waals surface area (Å²) in [7, 11) is 0. The highest BCUT2D eigenvalue weighted by atomic mass is 19.1. The molecule has 0 radical (unpaired) electrons. The number of hydrogen-bond acceptors (Lipinski definition) is 3. The highest BCUT2D eigenvalue weighted by Crippen LogP contribution is 2.28. The summed E-state index contributed by atoms with van der Waals surface area (Å²) in [5.41, 5.74) is 0.302. The maximum atomic E-state index is 13.6. The number of carbonyl (C=O) groups excluding carboxylic acids is 2. The third kappa shape index (κ3) is 2.01. The normalized spacial score (nSPS) is 15.9. The number of ether oxygens (including phenoxy) is 1. The molecule has 3 rings (SSSR count). The van der Waals surface area contributed by atoms with E-state index < -0.39 is 17.6 Å². The molecule has 3 nitrogen and oxygen atoms in total. The van der Waals surface area contributed by atoms with Crippen molar-refractivity contribution in [3.05, 3.63) is 71.0 Å². The van der Waals surface area contributed by atoms with Crippen LogP contribution in [-0.4, -0.2) is 11.8 Å². The fourth-order valence-electron chi connectivity index (χ4n) is 2.01. The van der Waals surface area contributed by atoms with E-state index in [1.54, 1.807) is 30.3 Å². The fraction of sp³-hybridized carbons (Fsp3) is 0. The van der Waals surface area contributed by atoms with E-state index in [-0.39, 0.29) is 16.9 Å². The topological polar surface area (TPSA) is 43.4 Å². The summed E-state index contributed by atoms with van der Waals surface area (Å²) in [6.07, 6.45) is 1.22. The first-order valence-corrected chi connectivity index (χ1v) is 5.99. The Morgan fingerprint density at radius 1 is 0.950 bits per heavy atom. The molecular weight excluding hydrogens is 259 g/mol. The lowest BCUT2D eigenvalue weighted by Crippen LogP contribution is -2.25. The Labute approximate surface area is 114 Å². The first-order valence-electron chi connectivity index (χ1n) is 5.99. The van der Waals surface area contributed by atoms with Gasteiger partial charge in [-0.3, -0.25) is 4.79 Å². The minimum Gasteiger partial charge on any atom is -0.422 e. The van der Waals surface area contributed by atoms with Crippen molar-refractivity contribution in [3.8, 4) is 5.75 Å². The van der Waals surface area contributed by atoms with Gasteiger partial charge in [0.15, 0.2) is 0 Å². The Bertz CT molecular complexity index is 747. The van der Waals surface area contributed by atoms with E-state index in [1.807, 2.05) is 0 Å². The van der Waals surface area contributed by atoms with Crippen molar-refractivity contribution in [1.82, 2.24) is 0 Å². The number of rotatable bonds is 1. The average Bonchev–Trinajstić information content (AvgIpc) is 2.45. The van der Waals surface area contributed by atoms with Crippen molar-refractivity contribution in [2.45, 2.75) is 0 Å². The molecule has 2 aromatic carbocycles. The van der Waals surface area contributed by atoms with Crippen LogP contribution < -0.4 is 4.74 Å². The van der Waals surface area contributed by atoms with Crippen LogP contribution in [0.25, 0.3) is 6.08 Å². The van der Waals surface area contributed by atoms with Crippen LogP contribution in [0.2, 0.25) is 0 Å². The van der Waals surface area contributed by atoms with Gasteiger partial charge < -0.3 is 4.74 Å². The Kier molecular flexibility index (Phi) is 2.91. The third-order valence-corrected chi connectivity index (χ3v) is 3.00. The molecule has 0 unspecified atom stereocenters. The third-order valence-electron chi connectivity index (χ3n) is 3.00. The minimum absolute atomic E-state index is 0.172. The van der Waals surface area contributed by atoms with Gasteiger partial charge in [0.05, 0.1) is 5.56 Å². The molecule has 20 heavy (non-hydrogen) atoms. The van der Waals surface area contributed by atoms with Gasteiger partial charge in [-0.1, -0.05) is 30.3 Å². The van der Waals surface area contributed by atoms with Gasteiger partial charge in [0, 0.05) is 5.56 Å². The number of hydrogen-bond donors (Lipinski definition) is 0. The molecule has 0 amide bonds. The molecule has 0 N–H and O–H groups in total. The van der Waals surface area contributed by atoms with Crippen LogP contribution in [0.1, 0.15) is 15.9 Å². The molecule has 1 aliphatic heterocycles. The van der Waals surface area contributed by atoms with Gasteiger partial charge in [0.1, 0.15) is 17.1 Å². The van der Waals surface area contributed by atoms with Gasteiger partial charge in [-0.25, -0.2) is 9.18 Å². The second kappa shape index (κ2) is 4.74.